The van der Waals surface area contributed by atoms with E-state index >= 15 is 0 Å². The second-order valence-corrected chi connectivity index (χ2v) is 10.8. The third-order valence-electron chi connectivity index (χ3n) is 5.16. The van der Waals surface area contributed by atoms with Crippen LogP contribution in [0.1, 0.15) is 6.23 Å². The summed E-state index contributed by atoms with van der Waals surface area (Å²) in [6, 6.07) is 1.21. The first-order chi connectivity index (χ1) is 16.6. The summed E-state index contributed by atoms with van der Waals surface area (Å²) >= 11 is 0. The van der Waals surface area contributed by atoms with Crippen LogP contribution in [-0.2, 0) is 32.0 Å². The predicted molar refractivity (Wildman–Crippen MR) is 116 cm³/mol. The Bertz CT molecular complexity index is 1080. The summed E-state index contributed by atoms with van der Waals surface area (Å²) in [4.78, 5) is 34.8. The van der Waals surface area contributed by atoms with Crippen molar-refractivity contribution in [2.45, 2.75) is 55.2 Å². The van der Waals surface area contributed by atoms with E-state index in [0.717, 1.165) is 10.8 Å². The summed E-state index contributed by atoms with van der Waals surface area (Å²) in [5.74, 6) is -0.118. The van der Waals surface area contributed by atoms with Gasteiger partial charge in [-0.2, -0.15) is 9.29 Å². The van der Waals surface area contributed by atoms with Crippen molar-refractivity contribution in [3.63, 3.8) is 0 Å². The molecule has 0 saturated carbocycles. The van der Waals surface area contributed by atoms with Gasteiger partial charge in [-0.15, -0.1) is 0 Å². The third kappa shape index (κ3) is 8.07. The first-order valence-electron chi connectivity index (χ1n) is 10.0. The van der Waals surface area contributed by atoms with Gasteiger partial charge in [0.15, 0.2) is 12.5 Å². The number of nitrogens with two attached hydrogens (primary N) is 1. The Labute approximate surface area is 229 Å². The molecule has 2 aliphatic heterocycles. The Hall–Kier alpha value is -0.380. The van der Waals surface area contributed by atoms with Gasteiger partial charge in [0.05, 0.1) is 13.2 Å². The number of aliphatic hydroxyl groups is 6. The fraction of sp³-hybridized carbons (Fsp3) is 0.733. The molecule has 0 spiro atoms. The van der Waals surface area contributed by atoms with E-state index < -0.39 is 89.8 Å². The SMILES string of the molecule is Nc1ccn(C2OC(COP(=O)(O)OP(=O)(O)OCC3OC(O)C(O)C(O)C3O)C(O)C2O)c(=O)n1.[Na]. The normalized spacial score (nSPS) is 37.4. The van der Waals surface area contributed by atoms with Crippen LogP contribution >= 0.6 is 15.6 Å². The number of anilines is 1. The van der Waals surface area contributed by atoms with Crippen molar-refractivity contribution >= 4 is 51.0 Å². The van der Waals surface area contributed by atoms with Crippen LogP contribution in [0.3, 0.4) is 0 Å². The number of hydrogen-bond donors (Lipinski definition) is 9. The fourth-order valence-corrected chi connectivity index (χ4v) is 5.39. The molecule has 1 aromatic rings. The van der Waals surface area contributed by atoms with E-state index in [0.29, 0.717) is 0 Å². The number of phosphoric ester groups is 2. The van der Waals surface area contributed by atoms with E-state index in [1.54, 1.807) is 0 Å². The van der Waals surface area contributed by atoms with Crippen LogP contribution in [0.15, 0.2) is 17.1 Å². The zero-order valence-corrected chi connectivity index (χ0v) is 22.8. The molecule has 22 heteroatoms. The number of aromatic nitrogens is 2. The maximum atomic E-state index is 12.1. The minimum absolute atomic E-state index is 0. The third-order valence-corrected chi connectivity index (χ3v) is 7.76. The average Bonchev–Trinajstić information content (AvgIpc) is 3.05. The van der Waals surface area contributed by atoms with Crippen LogP contribution in [0.5, 0.6) is 0 Å². The Morgan fingerprint density at radius 3 is 1.95 bits per heavy atom. The van der Waals surface area contributed by atoms with Gasteiger partial charge < -0.3 is 55.6 Å². The van der Waals surface area contributed by atoms with Gasteiger partial charge in [-0.3, -0.25) is 13.6 Å². The molecule has 10 N–H and O–H groups in total. The van der Waals surface area contributed by atoms with Crippen LogP contribution in [0.4, 0.5) is 5.82 Å². The van der Waals surface area contributed by atoms with Gasteiger partial charge in [0.1, 0.15) is 48.5 Å². The van der Waals surface area contributed by atoms with Crippen LogP contribution in [-0.4, -0.2) is 142 Å². The number of phosphoric acid groups is 2. The molecule has 0 amide bonds. The molecule has 2 fully saturated rings. The standard InChI is InChI=1S/C15H25N3O16P2.Na/c16-7-1-2-18(15(25)17-7)13-11(22)9(20)5(32-13)3-30-35(26,27)34-36(28,29)31-4-6-8(19)10(21)12(23)14(24)33-6;/h1-2,5-6,8-14,19-24H,3-4H2,(H,26,27)(H,28,29)(H2,16,17,25);. The zero-order chi connectivity index (χ0) is 27.0. The summed E-state index contributed by atoms with van der Waals surface area (Å²) < 4.78 is 48.0. The van der Waals surface area contributed by atoms with Crippen molar-refractivity contribution in [2.24, 2.45) is 0 Å². The molecule has 11 atom stereocenters. The molecule has 11 unspecified atom stereocenters. The van der Waals surface area contributed by atoms with Crippen molar-refractivity contribution in [3.05, 3.63) is 22.7 Å². The number of ether oxygens (including phenoxy) is 2. The Balaban J connectivity index is 0.00000481. The monoisotopic (exact) mass is 588 g/mol. The maximum absolute atomic E-state index is 12.1. The minimum Gasteiger partial charge on any atom is -0.387 e. The summed E-state index contributed by atoms with van der Waals surface area (Å²) in [5.41, 5.74) is 4.45. The maximum Gasteiger partial charge on any atom is 0.481 e. The summed E-state index contributed by atoms with van der Waals surface area (Å²) in [5, 5.41) is 58.5. The largest absolute Gasteiger partial charge is 0.481 e. The number of nitrogens with zero attached hydrogens (tertiary/aromatic N) is 2. The van der Waals surface area contributed by atoms with Gasteiger partial charge in [-0.1, -0.05) is 0 Å². The molecule has 19 nitrogen and oxygen atoms in total. The molecule has 2 saturated heterocycles. The van der Waals surface area contributed by atoms with Crippen molar-refractivity contribution in [3.8, 4) is 0 Å². The Morgan fingerprint density at radius 1 is 0.892 bits per heavy atom. The Kier molecular flexibility index (Phi) is 11.4. The van der Waals surface area contributed by atoms with Crippen LogP contribution in [0.2, 0.25) is 0 Å². The van der Waals surface area contributed by atoms with Crippen molar-refractivity contribution < 1.29 is 72.4 Å². The van der Waals surface area contributed by atoms with Gasteiger partial charge in [-0.25, -0.2) is 13.9 Å². The molecule has 207 valence electrons. The number of nitrogen functional groups attached to an aromatic ring is 1. The molecular weight excluding hydrogens is 563 g/mol. The first kappa shape index (κ1) is 32.8. The van der Waals surface area contributed by atoms with Gasteiger partial charge in [0.2, 0.25) is 0 Å². The summed E-state index contributed by atoms with van der Waals surface area (Å²) in [7, 11) is -10.8. The van der Waals surface area contributed by atoms with Gasteiger partial charge in [0.25, 0.3) is 0 Å². The molecule has 2 aliphatic rings. The second kappa shape index (κ2) is 12.9. The summed E-state index contributed by atoms with van der Waals surface area (Å²) in [6.07, 6.45) is -14.6. The predicted octanol–water partition coefficient (Wildman–Crippen LogP) is -4.89. The fourth-order valence-electron chi connectivity index (χ4n) is 3.30. The van der Waals surface area contributed by atoms with E-state index in [9.17, 15) is 54.4 Å². The smallest absolute Gasteiger partial charge is 0.387 e. The Morgan fingerprint density at radius 2 is 1.41 bits per heavy atom. The molecule has 0 bridgehead atoms. The molecule has 37 heavy (non-hydrogen) atoms. The van der Waals surface area contributed by atoms with E-state index in [2.05, 4.69) is 18.3 Å². The van der Waals surface area contributed by atoms with E-state index in [1.807, 2.05) is 0 Å². The van der Waals surface area contributed by atoms with Crippen LogP contribution in [0, 0.1) is 0 Å². The topological polar surface area (TPSA) is 303 Å². The molecular formula is C15H25N3NaO16P2. The molecule has 0 aliphatic carbocycles. The van der Waals surface area contributed by atoms with Crippen molar-refractivity contribution in [1.29, 1.82) is 0 Å². The average molecular weight is 588 g/mol. The van der Waals surface area contributed by atoms with E-state index in [4.69, 9.17) is 15.2 Å². The number of rotatable bonds is 9. The van der Waals surface area contributed by atoms with E-state index in [1.165, 1.54) is 6.07 Å². The van der Waals surface area contributed by atoms with Crippen LogP contribution in [0.25, 0.3) is 0 Å². The van der Waals surface area contributed by atoms with Gasteiger partial charge in [0, 0.05) is 35.8 Å². The quantitative estimate of drug-likeness (QED) is 0.0964. The summed E-state index contributed by atoms with van der Waals surface area (Å²) in [6.45, 7) is -2.02. The first-order valence-corrected chi connectivity index (χ1v) is 13.0. The minimum atomic E-state index is -5.40. The van der Waals surface area contributed by atoms with Crippen molar-refractivity contribution in [2.75, 3.05) is 18.9 Å². The van der Waals surface area contributed by atoms with Gasteiger partial charge in [-0.05, 0) is 6.07 Å². The van der Waals surface area contributed by atoms with Crippen LogP contribution < -0.4 is 11.4 Å². The molecule has 0 aromatic carbocycles. The molecule has 3 heterocycles. The van der Waals surface area contributed by atoms with E-state index in [-0.39, 0.29) is 35.4 Å². The molecule has 1 radical (unpaired) electrons. The molecule has 1 aromatic heterocycles. The van der Waals surface area contributed by atoms with Crippen molar-refractivity contribution in [1.82, 2.24) is 9.55 Å². The number of hydrogen-bond acceptors (Lipinski definition) is 16. The second-order valence-electron chi connectivity index (χ2n) is 7.74. The zero-order valence-electron chi connectivity index (χ0n) is 19.0. The molecule has 3 rings (SSSR count). The number of aliphatic hydroxyl groups excluding tert-OH is 6. The van der Waals surface area contributed by atoms with Gasteiger partial charge >= 0.3 is 21.3 Å².